The van der Waals surface area contributed by atoms with Crippen LogP contribution in [0.1, 0.15) is 55.0 Å². The van der Waals surface area contributed by atoms with Gasteiger partial charge in [-0.15, -0.1) is 0 Å². The Labute approximate surface area is 201 Å². The van der Waals surface area contributed by atoms with Gasteiger partial charge in [0.2, 0.25) is 0 Å². The highest BCUT2D eigenvalue weighted by atomic mass is 32.2. The minimum Gasteiger partial charge on any atom is -0.0612 e. The lowest BCUT2D eigenvalue weighted by Crippen LogP contribution is -2.19. The lowest BCUT2D eigenvalue weighted by molar-refractivity contribution is 0.868. The zero-order valence-corrected chi connectivity index (χ0v) is 22.6. The van der Waals surface area contributed by atoms with Crippen LogP contribution in [0.25, 0.3) is 11.1 Å². The molecular formula is C30H38S2+2. The third kappa shape index (κ3) is 4.29. The second kappa shape index (κ2) is 9.31. The van der Waals surface area contributed by atoms with Crippen molar-refractivity contribution in [2.24, 2.45) is 0 Å². The quantitative estimate of drug-likeness (QED) is 0.353. The third-order valence-corrected chi connectivity index (χ3v) is 10.9. The molecule has 5 rings (SSSR count). The van der Waals surface area contributed by atoms with Gasteiger partial charge in [0.1, 0.15) is 10.5 Å². The van der Waals surface area contributed by atoms with Gasteiger partial charge < -0.3 is 0 Å². The molecule has 0 N–H and O–H groups in total. The van der Waals surface area contributed by atoms with Crippen LogP contribution in [0.5, 0.6) is 0 Å². The predicted molar refractivity (Wildman–Crippen MR) is 149 cm³/mol. The molecule has 0 saturated heterocycles. The fourth-order valence-corrected chi connectivity index (χ4v) is 7.78. The third-order valence-electron chi connectivity index (χ3n) is 7.70. The Hall–Kier alpha value is -1.64. The first-order valence-electron chi connectivity index (χ1n) is 11.6. The highest BCUT2D eigenvalue weighted by molar-refractivity contribution is 7.96. The van der Waals surface area contributed by atoms with Crippen molar-refractivity contribution in [3.63, 3.8) is 0 Å². The molecule has 2 aliphatic carbocycles. The summed E-state index contributed by atoms with van der Waals surface area (Å²) in [7, 11) is 0.588. The van der Waals surface area contributed by atoms with Crippen LogP contribution in [-0.4, -0.2) is 25.0 Å². The highest BCUT2D eigenvalue weighted by Crippen LogP contribution is 2.38. The second-order valence-corrected chi connectivity index (χ2v) is 14.5. The molecular weight excluding hydrogens is 424 g/mol. The number of hydrogen-bond acceptors (Lipinski definition) is 0. The Morgan fingerprint density at radius 2 is 0.906 bits per heavy atom. The molecule has 0 saturated carbocycles. The molecule has 0 spiro atoms. The van der Waals surface area contributed by atoms with Gasteiger partial charge in [-0.3, -0.25) is 0 Å². The van der Waals surface area contributed by atoms with Crippen LogP contribution < -0.4 is 0 Å². The van der Waals surface area contributed by atoms with E-state index >= 15 is 0 Å². The largest absolute Gasteiger partial charge is 0.146 e. The van der Waals surface area contributed by atoms with Crippen molar-refractivity contribution in [3.05, 3.63) is 93.0 Å². The van der Waals surface area contributed by atoms with Crippen LogP contribution in [0, 0.1) is 27.7 Å². The van der Waals surface area contributed by atoms with Gasteiger partial charge in [0.05, 0.1) is 25.0 Å². The number of hydrogen-bond donors (Lipinski definition) is 0. The Morgan fingerprint density at radius 3 is 1.22 bits per heavy atom. The van der Waals surface area contributed by atoms with E-state index in [4.69, 9.17) is 0 Å². The van der Waals surface area contributed by atoms with Gasteiger partial charge in [0.15, 0.2) is 0 Å². The highest BCUT2D eigenvalue weighted by Gasteiger charge is 2.31. The van der Waals surface area contributed by atoms with Crippen molar-refractivity contribution in [2.45, 2.75) is 51.0 Å². The number of rotatable bonds is 2. The number of benzene rings is 3. The lowest BCUT2D eigenvalue weighted by atomic mass is 9.83. The first-order valence-corrected chi connectivity index (χ1v) is 15.8. The predicted octanol–water partition coefficient (Wildman–Crippen LogP) is 7.22. The summed E-state index contributed by atoms with van der Waals surface area (Å²) >= 11 is 0. The van der Waals surface area contributed by atoms with Crippen LogP contribution in [0.15, 0.2) is 48.5 Å². The van der Waals surface area contributed by atoms with Crippen LogP contribution in [0.2, 0.25) is 0 Å². The topological polar surface area (TPSA) is 0 Å². The van der Waals surface area contributed by atoms with E-state index in [9.17, 15) is 0 Å². The summed E-state index contributed by atoms with van der Waals surface area (Å²) in [6.07, 6.45) is 11.9. The van der Waals surface area contributed by atoms with Crippen LogP contribution in [0.4, 0.5) is 0 Å². The molecule has 0 aliphatic heterocycles. The first kappa shape index (κ1) is 23.5. The van der Waals surface area contributed by atoms with Gasteiger partial charge in [0, 0.05) is 24.0 Å². The summed E-state index contributed by atoms with van der Waals surface area (Å²) in [5, 5.41) is 1.10. The van der Waals surface area contributed by atoms with E-state index in [2.05, 4.69) is 101 Å². The van der Waals surface area contributed by atoms with Gasteiger partial charge in [-0.1, -0.05) is 36.4 Å². The van der Waals surface area contributed by atoms with E-state index < -0.39 is 0 Å². The smallest absolute Gasteiger partial charge is 0.0612 e. The van der Waals surface area contributed by atoms with Crippen LogP contribution >= 0.6 is 0 Å². The van der Waals surface area contributed by atoms with E-state index in [-0.39, 0.29) is 0 Å². The van der Waals surface area contributed by atoms with E-state index in [0.29, 0.717) is 32.3 Å². The summed E-state index contributed by atoms with van der Waals surface area (Å²) in [5.74, 6) is 0. The Kier molecular flexibility index (Phi) is 6.84. The minimum atomic E-state index is 0.294. The first-order chi connectivity index (χ1) is 15.2. The van der Waals surface area contributed by atoms with Gasteiger partial charge in [-0.2, -0.15) is 0 Å². The minimum absolute atomic E-state index is 0.294. The molecule has 3 aromatic rings. The molecule has 2 aliphatic rings. The molecule has 0 unspecified atom stereocenters. The second-order valence-electron chi connectivity index (χ2n) is 9.85. The number of fused-ring (bicyclic) bond motifs is 4. The maximum Gasteiger partial charge on any atom is 0.146 e. The van der Waals surface area contributed by atoms with E-state index in [1.165, 1.54) is 44.5 Å². The van der Waals surface area contributed by atoms with Gasteiger partial charge >= 0.3 is 0 Å². The molecule has 168 valence electrons. The van der Waals surface area contributed by atoms with Crippen LogP contribution in [0.3, 0.4) is 0 Å². The van der Waals surface area contributed by atoms with Crippen molar-refractivity contribution < 1.29 is 0 Å². The molecule has 0 radical (unpaired) electrons. The van der Waals surface area contributed by atoms with Crippen LogP contribution in [-0.2, 0) is 34.6 Å². The van der Waals surface area contributed by atoms with Gasteiger partial charge in [-0.25, -0.2) is 0 Å². The van der Waals surface area contributed by atoms with Crippen molar-refractivity contribution in [2.75, 3.05) is 25.0 Å². The molecule has 0 aromatic heterocycles. The molecule has 0 heterocycles. The van der Waals surface area contributed by atoms with Crippen molar-refractivity contribution in [1.29, 1.82) is 0 Å². The fourth-order valence-electron chi connectivity index (χ4n) is 5.40. The zero-order chi connectivity index (χ0) is 23.2. The van der Waals surface area contributed by atoms with Gasteiger partial charge in [-0.05, 0) is 106 Å². The summed E-state index contributed by atoms with van der Waals surface area (Å²) in [6, 6.07) is 18.8. The molecule has 3 aromatic carbocycles. The van der Waals surface area contributed by atoms with Crippen molar-refractivity contribution in [3.8, 4) is 11.1 Å². The van der Waals surface area contributed by atoms with E-state index in [0.717, 1.165) is 12.8 Å². The normalized spacial score (nSPS) is 18.3. The Morgan fingerprint density at radius 1 is 0.562 bits per heavy atom. The summed E-state index contributed by atoms with van der Waals surface area (Å²) in [5.41, 5.74) is 14.9. The maximum atomic E-state index is 2.47. The van der Waals surface area contributed by atoms with E-state index in [1.54, 1.807) is 11.1 Å². The molecule has 6 bridgehead atoms. The molecule has 32 heavy (non-hydrogen) atoms. The average Bonchev–Trinajstić information content (AvgIpc) is 2.77. The molecule has 0 amide bonds. The lowest BCUT2D eigenvalue weighted by Gasteiger charge is -2.25. The summed E-state index contributed by atoms with van der Waals surface area (Å²) < 4.78 is 0. The molecule has 0 fully saturated rings. The van der Waals surface area contributed by atoms with E-state index in [1.807, 2.05) is 0 Å². The zero-order valence-electron chi connectivity index (χ0n) is 21.0. The SMILES string of the molecule is Cc1c(C)c2c(C)c(C)c1C[C@@H]([S+](C)C)c1cccc(c1)-c1cccc(c1)[C@@H]([S+](C)C)C2. The summed E-state index contributed by atoms with van der Waals surface area (Å²) in [6.45, 7) is 9.49. The standard InChI is InChI=1S/C30H38S2/c1-19-20(2)28-18-30(32(7)8)26-14-10-12-24(16-26)23-11-9-13-25(15-23)29(31(5)6)17-27(19)21(3)22(28)4/h9-16,29-30H,17-18H2,1-8H3/q+2/t29-,30+. The monoisotopic (exact) mass is 462 g/mol. The molecule has 2 atom stereocenters. The average molecular weight is 463 g/mol. The Bertz CT molecular complexity index is 1020. The molecule has 2 heteroatoms. The Balaban J connectivity index is 2.03. The molecule has 0 nitrogen and oxygen atoms in total. The van der Waals surface area contributed by atoms with Gasteiger partial charge in [0.25, 0.3) is 0 Å². The summed E-state index contributed by atoms with van der Waals surface area (Å²) in [4.78, 5) is 0. The van der Waals surface area contributed by atoms with Crippen molar-refractivity contribution in [1.82, 2.24) is 0 Å². The van der Waals surface area contributed by atoms with Crippen molar-refractivity contribution >= 4 is 21.8 Å². The fraction of sp³-hybridized carbons (Fsp3) is 0.400. The maximum absolute atomic E-state index is 2.47.